The first kappa shape index (κ1) is 19.0. The third-order valence-corrected chi connectivity index (χ3v) is 3.22. The summed E-state index contributed by atoms with van der Waals surface area (Å²) >= 11 is 0. The molecule has 0 saturated heterocycles. The predicted molar refractivity (Wildman–Crippen MR) is 93.3 cm³/mol. The second kappa shape index (κ2) is 10.6. The minimum Gasteiger partial charge on any atom is -0.494 e. The van der Waals surface area contributed by atoms with Crippen molar-refractivity contribution in [2.75, 3.05) is 13.2 Å². The Bertz CT molecular complexity index is 573. The van der Waals surface area contributed by atoms with Gasteiger partial charge in [0.15, 0.2) is 0 Å². The van der Waals surface area contributed by atoms with Crippen LogP contribution in [0, 0.1) is 0 Å². The lowest BCUT2D eigenvalue weighted by Gasteiger charge is -2.08. The number of aliphatic carboxylic acids is 1. The topological polar surface area (TPSA) is 58.6 Å². The third kappa shape index (κ3) is 7.68. The molecule has 0 aliphatic carbocycles. The van der Waals surface area contributed by atoms with Crippen LogP contribution in [0.4, 0.5) is 0 Å². The van der Waals surface area contributed by atoms with Gasteiger partial charge in [-0.05, 0) is 36.2 Å². The summed E-state index contributed by atoms with van der Waals surface area (Å²) in [4.78, 5) is 10.6. The molecule has 0 bridgehead atoms. The molecule has 2 aromatic carbocycles. The van der Waals surface area contributed by atoms with Crippen LogP contribution in [0.5, 0.6) is 5.75 Å². The molecule has 0 saturated carbocycles. The smallest absolute Gasteiger partial charge is 0.307 e. The molecule has 0 spiro atoms. The van der Waals surface area contributed by atoms with E-state index in [1.807, 2.05) is 30.3 Å². The fourth-order valence-corrected chi connectivity index (χ4v) is 2.09. The molecule has 2 N–H and O–H groups in total. The first-order valence-electron chi connectivity index (χ1n) is 7.42. The molecule has 0 radical (unpaired) electrons. The average Bonchev–Trinajstić information content (AvgIpc) is 2.53. The number of benzene rings is 2. The van der Waals surface area contributed by atoms with E-state index in [2.05, 4.69) is 17.4 Å². The summed E-state index contributed by atoms with van der Waals surface area (Å²) in [5.41, 5.74) is 2.06. The Morgan fingerprint density at radius 3 is 2.35 bits per heavy atom. The summed E-state index contributed by atoms with van der Waals surface area (Å²) in [6.07, 6.45) is 0.966. The van der Waals surface area contributed by atoms with Gasteiger partial charge in [-0.3, -0.25) is 4.79 Å². The molecule has 0 unspecified atom stereocenters. The molecule has 0 atom stereocenters. The van der Waals surface area contributed by atoms with Gasteiger partial charge in [0.05, 0.1) is 13.0 Å². The fourth-order valence-electron chi connectivity index (χ4n) is 2.09. The van der Waals surface area contributed by atoms with Crippen LogP contribution >= 0.6 is 12.4 Å². The normalized spacial score (nSPS) is 9.91. The maximum absolute atomic E-state index is 10.6. The van der Waals surface area contributed by atoms with Gasteiger partial charge >= 0.3 is 5.97 Å². The van der Waals surface area contributed by atoms with E-state index in [4.69, 9.17) is 9.84 Å². The van der Waals surface area contributed by atoms with E-state index < -0.39 is 5.97 Å². The Balaban J connectivity index is 0.00000264. The number of carboxylic acids is 1. The fraction of sp³-hybridized carbons (Fsp3) is 0.278. The number of halogens is 1. The van der Waals surface area contributed by atoms with E-state index in [9.17, 15) is 4.79 Å². The van der Waals surface area contributed by atoms with Crippen molar-refractivity contribution >= 4 is 18.4 Å². The van der Waals surface area contributed by atoms with Crippen LogP contribution in [-0.4, -0.2) is 24.2 Å². The van der Waals surface area contributed by atoms with Gasteiger partial charge in [-0.15, -0.1) is 12.4 Å². The van der Waals surface area contributed by atoms with E-state index in [1.165, 1.54) is 5.56 Å². The molecule has 0 aromatic heterocycles. The van der Waals surface area contributed by atoms with Crippen LogP contribution in [0.25, 0.3) is 0 Å². The molecule has 0 aliphatic heterocycles. The van der Waals surface area contributed by atoms with E-state index in [0.717, 1.165) is 30.8 Å². The van der Waals surface area contributed by atoms with Crippen LogP contribution in [-0.2, 0) is 17.8 Å². The van der Waals surface area contributed by atoms with E-state index in [-0.39, 0.29) is 18.8 Å². The lowest BCUT2D eigenvalue weighted by molar-refractivity contribution is -0.136. The van der Waals surface area contributed by atoms with Crippen molar-refractivity contribution < 1.29 is 14.6 Å². The zero-order valence-corrected chi connectivity index (χ0v) is 13.7. The van der Waals surface area contributed by atoms with Gasteiger partial charge in [-0.25, -0.2) is 0 Å². The first-order valence-corrected chi connectivity index (χ1v) is 7.42. The minimum absolute atomic E-state index is 0. The molecule has 0 heterocycles. The molecule has 0 fully saturated rings. The van der Waals surface area contributed by atoms with Gasteiger partial charge in [-0.2, -0.15) is 0 Å². The lowest BCUT2D eigenvalue weighted by atomic mass is 10.1. The number of carbonyl (C=O) groups is 1. The quantitative estimate of drug-likeness (QED) is 0.690. The third-order valence-electron chi connectivity index (χ3n) is 3.22. The molecule has 4 nitrogen and oxygen atoms in total. The van der Waals surface area contributed by atoms with Crippen molar-refractivity contribution in [1.29, 1.82) is 0 Å². The molecule has 2 aromatic rings. The lowest BCUT2D eigenvalue weighted by Crippen LogP contribution is -2.16. The van der Waals surface area contributed by atoms with Crippen molar-refractivity contribution in [1.82, 2.24) is 5.32 Å². The molecule has 2 rings (SSSR count). The maximum atomic E-state index is 10.6. The Morgan fingerprint density at radius 2 is 1.70 bits per heavy atom. The highest BCUT2D eigenvalue weighted by atomic mass is 35.5. The number of hydrogen-bond acceptors (Lipinski definition) is 3. The van der Waals surface area contributed by atoms with Crippen LogP contribution in [0.15, 0.2) is 54.6 Å². The predicted octanol–water partition coefficient (Wildman–Crippen LogP) is 3.29. The number of ether oxygens (including phenoxy) is 1. The largest absolute Gasteiger partial charge is 0.494 e. The van der Waals surface area contributed by atoms with Crippen molar-refractivity contribution in [2.45, 2.75) is 19.4 Å². The standard InChI is InChI=1S/C18H21NO3.ClH/c20-18(21)13-15-7-9-17(10-8-15)22-12-4-11-19-14-16-5-2-1-3-6-16;/h1-3,5-10,19H,4,11-14H2,(H,20,21);1H. The second-order valence-electron chi connectivity index (χ2n) is 5.08. The summed E-state index contributed by atoms with van der Waals surface area (Å²) in [7, 11) is 0. The highest BCUT2D eigenvalue weighted by molar-refractivity contribution is 5.85. The number of rotatable bonds is 9. The van der Waals surface area contributed by atoms with Crippen molar-refractivity contribution in [2.24, 2.45) is 0 Å². The average molecular weight is 336 g/mol. The molecule has 5 heteroatoms. The van der Waals surface area contributed by atoms with E-state index >= 15 is 0 Å². The van der Waals surface area contributed by atoms with Gasteiger partial charge in [0.1, 0.15) is 5.75 Å². The van der Waals surface area contributed by atoms with Crippen molar-refractivity contribution in [3.05, 3.63) is 65.7 Å². The SMILES string of the molecule is Cl.O=C(O)Cc1ccc(OCCCNCc2ccccc2)cc1. The summed E-state index contributed by atoms with van der Waals surface area (Å²) in [6.45, 7) is 2.40. The molecule has 124 valence electrons. The summed E-state index contributed by atoms with van der Waals surface area (Å²) < 4.78 is 5.63. The molecule has 0 amide bonds. The van der Waals surface area contributed by atoms with Gasteiger partial charge in [0.25, 0.3) is 0 Å². The first-order chi connectivity index (χ1) is 10.7. The number of carboxylic acid groups (broad SMARTS) is 1. The zero-order chi connectivity index (χ0) is 15.6. The van der Waals surface area contributed by atoms with Crippen molar-refractivity contribution in [3.8, 4) is 5.75 Å². The summed E-state index contributed by atoms with van der Waals surface area (Å²) in [5, 5.41) is 12.1. The molecular weight excluding hydrogens is 314 g/mol. The molecule has 0 aliphatic rings. The van der Waals surface area contributed by atoms with Crippen LogP contribution in [0.3, 0.4) is 0 Å². The van der Waals surface area contributed by atoms with Crippen molar-refractivity contribution in [3.63, 3.8) is 0 Å². The summed E-state index contributed by atoms with van der Waals surface area (Å²) in [6, 6.07) is 17.5. The second-order valence-corrected chi connectivity index (χ2v) is 5.08. The Hall–Kier alpha value is -2.04. The van der Waals surface area contributed by atoms with E-state index in [0.29, 0.717) is 6.61 Å². The number of hydrogen-bond donors (Lipinski definition) is 2. The highest BCUT2D eigenvalue weighted by Gasteiger charge is 2.00. The Kier molecular flexibility index (Phi) is 8.80. The van der Waals surface area contributed by atoms with Gasteiger partial charge in [0, 0.05) is 6.54 Å². The molecule has 23 heavy (non-hydrogen) atoms. The van der Waals surface area contributed by atoms with Crippen LogP contribution in [0.1, 0.15) is 17.5 Å². The van der Waals surface area contributed by atoms with Gasteiger partial charge in [-0.1, -0.05) is 42.5 Å². The number of nitrogens with one attached hydrogen (secondary N) is 1. The molecular formula is C18H22ClNO3. The summed E-state index contributed by atoms with van der Waals surface area (Å²) in [5.74, 6) is -0.0460. The Labute approximate surface area is 142 Å². The highest BCUT2D eigenvalue weighted by Crippen LogP contribution is 2.12. The van der Waals surface area contributed by atoms with Gasteiger partial charge in [0.2, 0.25) is 0 Å². The monoisotopic (exact) mass is 335 g/mol. The Morgan fingerprint density at radius 1 is 1.00 bits per heavy atom. The maximum Gasteiger partial charge on any atom is 0.307 e. The van der Waals surface area contributed by atoms with Crippen LogP contribution in [0.2, 0.25) is 0 Å². The van der Waals surface area contributed by atoms with E-state index in [1.54, 1.807) is 12.1 Å². The van der Waals surface area contributed by atoms with Crippen LogP contribution < -0.4 is 10.1 Å². The zero-order valence-electron chi connectivity index (χ0n) is 12.9. The minimum atomic E-state index is -0.821. The van der Waals surface area contributed by atoms with Gasteiger partial charge < -0.3 is 15.2 Å².